The normalized spacial score (nSPS) is 19.8. The highest BCUT2D eigenvalue weighted by atomic mass is 16.5. The van der Waals surface area contributed by atoms with Crippen LogP contribution in [0.15, 0.2) is 0 Å². The first-order valence-electron chi connectivity index (χ1n) is 5.70. The summed E-state index contributed by atoms with van der Waals surface area (Å²) in [5.41, 5.74) is 0. The van der Waals surface area contributed by atoms with Gasteiger partial charge in [0.25, 0.3) is 0 Å². The summed E-state index contributed by atoms with van der Waals surface area (Å²) in [5.74, 6) is -0.210. The van der Waals surface area contributed by atoms with Crippen molar-refractivity contribution in [1.29, 1.82) is 0 Å². The third-order valence-electron chi connectivity index (χ3n) is 2.33. The van der Waals surface area contributed by atoms with Crippen LogP contribution in [-0.2, 0) is 14.3 Å². The number of amides is 2. The van der Waals surface area contributed by atoms with Gasteiger partial charge in [0.1, 0.15) is 6.04 Å². The van der Waals surface area contributed by atoms with Gasteiger partial charge in [0.2, 0.25) is 11.8 Å². The molecule has 1 atom stereocenters. The van der Waals surface area contributed by atoms with Crippen LogP contribution in [0.25, 0.3) is 0 Å². The quantitative estimate of drug-likeness (QED) is 0.374. The summed E-state index contributed by atoms with van der Waals surface area (Å²) >= 11 is 0. The smallest absolute Gasteiger partial charge is 0.238 e. The summed E-state index contributed by atoms with van der Waals surface area (Å²) in [6, 6.07) is -0.355. The molecular formula is C10H19N3O4. The minimum atomic E-state index is -0.355. The van der Waals surface area contributed by atoms with Crippen molar-refractivity contribution >= 4 is 11.8 Å². The van der Waals surface area contributed by atoms with Gasteiger partial charge in [-0.2, -0.15) is 0 Å². The van der Waals surface area contributed by atoms with Crippen LogP contribution in [0.4, 0.5) is 0 Å². The first-order valence-corrected chi connectivity index (χ1v) is 5.70. The standard InChI is InChI=1S/C10H19N3O4/c14-3-5-17-4-1-2-11-10(16)8-6-13-9(15)7-12-8/h8,12,14H,1-7H2,(H,11,16)(H,13,15). The Kier molecular flexibility index (Phi) is 6.53. The van der Waals surface area contributed by atoms with Crippen molar-refractivity contribution in [2.24, 2.45) is 0 Å². The number of aliphatic hydroxyl groups excluding tert-OH is 1. The molecular weight excluding hydrogens is 226 g/mol. The predicted molar refractivity (Wildman–Crippen MR) is 60.3 cm³/mol. The zero-order chi connectivity index (χ0) is 12.5. The van der Waals surface area contributed by atoms with Gasteiger partial charge in [-0.05, 0) is 6.42 Å². The molecule has 7 heteroatoms. The molecule has 0 saturated carbocycles. The van der Waals surface area contributed by atoms with Crippen LogP contribution < -0.4 is 16.0 Å². The zero-order valence-corrected chi connectivity index (χ0v) is 9.70. The van der Waals surface area contributed by atoms with Crippen LogP contribution in [0.1, 0.15) is 6.42 Å². The molecule has 1 rings (SSSR count). The Morgan fingerprint density at radius 2 is 2.35 bits per heavy atom. The van der Waals surface area contributed by atoms with Crippen molar-refractivity contribution in [3.63, 3.8) is 0 Å². The van der Waals surface area contributed by atoms with E-state index < -0.39 is 0 Å². The summed E-state index contributed by atoms with van der Waals surface area (Å²) in [4.78, 5) is 22.4. The van der Waals surface area contributed by atoms with Crippen molar-refractivity contribution in [3.05, 3.63) is 0 Å². The highest BCUT2D eigenvalue weighted by molar-refractivity contribution is 5.86. The number of nitrogens with one attached hydrogen (secondary N) is 3. The van der Waals surface area contributed by atoms with Gasteiger partial charge in [-0.25, -0.2) is 0 Å². The van der Waals surface area contributed by atoms with Crippen LogP contribution in [0.3, 0.4) is 0 Å². The number of hydrogen-bond acceptors (Lipinski definition) is 5. The molecule has 17 heavy (non-hydrogen) atoms. The molecule has 1 heterocycles. The number of carbonyl (C=O) groups excluding carboxylic acids is 2. The maximum atomic E-state index is 11.6. The predicted octanol–water partition coefficient (Wildman–Crippen LogP) is -2.41. The van der Waals surface area contributed by atoms with E-state index in [2.05, 4.69) is 16.0 Å². The molecule has 0 radical (unpaired) electrons. The fraction of sp³-hybridized carbons (Fsp3) is 0.800. The molecule has 0 bridgehead atoms. The van der Waals surface area contributed by atoms with Gasteiger partial charge in [-0.1, -0.05) is 0 Å². The molecule has 1 aliphatic rings. The third-order valence-corrected chi connectivity index (χ3v) is 2.33. The molecule has 1 fully saturated rings. The van der Waals surface area contributed by atoms with E-state index in [-0.39, 0.29) is 31.0 Å². The lowest BCUT2D eigenvalue weighted by molar-refractivity contribution is -0.126. The lowest BCUT2D eigenvalue weighted by atomic mass is 10.2. The lowest BCUT2D eigenvalue weighted by Gasteiger charge is -2.23. The van der Waals surface area contributed by atoms with E-state index in [1.165, 1.54) is 0 Å². The fourth-order valence-electron chi connectivity index (χ4n) is 1.43. The van der Waals surface area contributed by atoms with Crippen molar-refractivity contribution < 1.29 is 19.4 Å². The molecule has 0 spiro atoms. The van der Waals surface area contributed by atoms with Crippen molar-refractivity contribution in [2.75, 3.05) is 39.5 Å². The van der Waals surface area contributed by atoms with Gasteiger partial charge >= 0.3 is 0 Å². The van der Waals surface area contributed by atoms with Gasteiger partial charge in [0, 0.05) is 19.7 Å². The van der Waals surface area contributed by atoms with Crippen LogP contribution in [0, 0.1) is 0 Å². The van der Waals surface area contributed by atoms with E-state index in [0.717, 1.165) is 0 Å². The summed E-state index contributed by atoms with van der Waals surface area (Å²) in [6.45, 7) is 1.87. The molecule has 1 saturated heterocycles. The Hall–Kier alpha value is -1.18. The molecule has 7 nitrogen and oxygen atoms in total. The Morgan fingerprint density at radius 1 is 1.53 bits per heavy atom. The number of carbonyl (C=O) groups is 2. The Balaban J connectivity index is 2.03. The topological polar surface area (TPSA) is 99.7 Å². The van der Waals surface area contributed by atoms with Gasteiger partial charge < -0.3 is 20.5 Å². The summed E-state index contributed by atoms with van der Waals surface area (Å²) in [6.07, 6.45) is 0.699. The average Bonchev–Trinajstić information content (AvgIpc) is 2.34. The van der Waals surface area contributed by atoms with E-state index in [0.29, 0.717) is 32.7 Å². The van der Waals surface area contributed by atoms with E-state index in [1.807, 2.05) is 0 Å². The maximum absolute atomic E-state index is 11.6. The molecule has 4 N–H and O–H groups in total. The van der Waals surface area contributed by atoms with Crippen molar-refractivity contribution in [3.8, 4) is 0 Å². The lowest BCUT2D eigenvalue weighted by Crippen LogP contribution is -2.58. The Morgan fingerprint density at radius 3 is 3.00 bits per heavy atom. The Bertz CT molecular complexity index is 250. The molecule has 98 valence electrons. The second kappa shape index (κ2) is 7.99. The van der Waals surface area contributed by atoms with E-state index in [4.69, 9.17) is 9.84 Å². The number of rotatable bonds is 7. The molecule has 2 amide bonds. The maximum Gasteiger partial charge on any atom is 0.238 e. The first-order chi connectivity index (χ1) is 8.24. The van der Waals surface area contributed by atoms with Crippen molar-refractivity contribution in [1.82, 2.24) is 16.0 Å². The monoisotopic (exact) mass is 245 g/mol. The van der Waals surface area contributed by atoms with Crippen LogP contribution >= 0.6 is 0 Å². The molecule has 0 aliphatic carbocycles. The van der Waals surface area contributed by atoms with E-state index in [9.17, 15) is 9.59 Å². The number of piperazine rings is 1. The Labute approximate surface area is 99.9 Å². The highest BCUT2D eigenvalue weighted by Gasteiger charge is 2.22. The SMILES string of the molecule is O=C1CNC(C(=O)NCCCOCCO)CN1. The van der Waals surface area contributed by atoms with Gasteiger partial charge in [0.15, 0.2) is 0 Å². The summed E-state index contributed by atoms with van der Waals surface area (Å²) in [5, 5.41) is 16.7. The van der Waals surface area contributed by atoms with Crippen LogP contribution in [-0.4, -0.2) is 62.4 Å². The molecule has 0 aromatic rings. The van der Waals surface area contributed by atoms with E-state index >= 15 is 0 Å². The largest absolute Gasteiger partial charge is 0.394 e. The number of hydrogen-bond donors (Lipinski definition) is 4. The molecule has 0 aromatic heterocycles. The molecule has 1 aliphatic heterocycles. The minimum Gasteiger partial charge on any atom is -0.394 e. The van der Waals surface area contributed by atoms with Gasteiger partial charge in [0.05, 0.1) is 19.8 Å². The summed E-state index contributed by atoms with van der Waals surface area (Å²) in [7, 11) is 0. The van der Waals surface area contributed by atoms with Crippen LogP contribution in [0.5, 0.6) is 0 Å². The average molecular weight is 245 g/mol. The molecule has 0 aromatic carbocycles. The molecule has 1 unspecified atom stereocenters. The number of aliphatic hydroxyl groups is 1. The second-order valence-corrected chi connectivity index (χ2v) is 3.72. The number of ether oxygens (including phenoxy) is 1. The van der Waals surface area contributed by atoms with Gasteiger partial charge in [-0.15, -0.1) is 0 Å². The second-order valence-electron chi connectivity index (χ2n) is 3.72. The third kappa shape index (κ3) is 5.62. The van der Waals surface area contributed by atoms with Crippen molar-refractivity contribution in [2.45, 2.75) is 12.5 Å². The summed E-state index contributed by atoms with van der Waals surface area (Å²) < 4.78 is 5.05. The highest BCUT2D eigenvalue weighted by Crippen LogP contribution is 1.89. The fourth-order valence-corrected chi connectivity index (χ4v) is 1.43. The van der Waals surface area contributed by atoms with Crippen LogP contribution in [0.2, 0.25) is 0 Å². The minimum absolute atomic E-state index is 0.0120. The van der Waals surface area contributed by atoms with Gasteiger partial charge in [-0.3, -0.25) is 14.9 Å². The first kappa shape index (κ1) is 13.9. The van der Waals surface area contributed by atoms with E-state index in [1.54, 1.807) is 0 Å². The zero-order valence-electron chi connectivity index (χ0n) is 9.70.